The van der Waals surface area contributed by atoms with Crippen LogP contribution in [0.25, 0.3) is 10.9 Å². The van der Waals surface area contributed by atoms with Crippen molar-refractivity contribution in [1.82, 2.24) is 4.98 Å². The molecule has 27 heavy (non-hydrogen) atoms. The fourth-order valence-electron chi connectivity index (χ4n) is 2.86. The molecule has 0 saturated carbocycles. The molecular weight excluding hydrogens is 357 g/mol. The van der Waals surface area contributed by atoms with Crippen LogP contribution < -0.4 is 15.6 Å². The van der Waals surface area contributed by atoms with E-state index < -0.39 is 8.03 Å². The Morgan fingerprint density at radius 3 is 2.48 bits per heavy atom. The molecule has 0 radical (unpaired) electrons. The van der Waals surface area contributed by atoms with Crippen LogP contribution >= 0.6 is 8.03 Å². The van der Waals surface area contributed by atoms with E-state index in [0.717, 1.165) is 10.9 Å². The highest BCUT2D eigenvalue weighted by Crippen LogP contribution is 2.30. The van der Waals surface area contributed by atoms with Gasteiger partial charge in [0.15, 0.2) is 5.75 Å². The lowest BCUT2D eigenvalue weighted by molar-refractivity contribution is 0.514. The Morgan fingerprint density at radius 1 is 0.963 bits per heavy atom. The van der Waals surface area contributed by atoms with Gasteiger partial charge in [-0.15, -0.1) is 0 Å². The monoisotopic (exact) mass is 374 g/mol. The second-order valence-corrected chi connectivity index (χ2v) is 7.29. The maximum atomic E-state index is 12.4. The molecule has 3 aromatic carbocycles. The minimum absolute atomic E-state index is 0.254. The number of aromatic nitrogens is 1. The molecule has 0 aliphatic heterocycles. The van der Waals surface area contributed by atoms with Gasteiger partial charge in [0.1, 0.15) is 0 Å². The van der Waals surface area contributed by atoms with Crippen molar-refractivity contribution in [2.75, 3.05) is 5.73 Å². The van der Waals surface area contributed by atoms with Crippen LogP contribution in [0.1, 0.15) is 11.3 Å². The number of anilines is 1. The van der Waals surface area contributed by atoms with Crippen LogP contribution in [0.5, 0.6) is 5.75 Å². The summed E-state index contributed by atoms with van der Waals surface area (Å²) in [6.07, 6.45) is 0. The molecule has 0 aliphatic rings. The van der Waals surface area contributed by atoms with Crippen LogP contribution in [0.4, 0.5) is 5.69 Å². The quantitative estimate of drug-likeness (QED) is 0.270. The molecule has 0 aliphatic carbocycles. The Bertz CT molecular complexity index is 1120. The summed E-state index contributed by atoms with van der Waals surface area (Å²) in [4.78, 5) is 3.23. The van der Waals surface area contributed by atoms with E-state index in [9.17, 15) is 4.57 Å². The zero-order valence-electron chi connectivity index (χ0n) is 14.3. The molecule has 6 heteroatoms. The highest BCUT2D eigenvalue weighted by atomic mass is 31.1. The third-order valence-corrected chi connectivity index (χ3v) is 5.35. The van der Waals surface area contributed by atoms with Gasteiger partial charge in [0.05, 0.1) is 11.4 Å². The molecule has 1 unspecified atom stereocenters. The zero-order valence-corrected chi connectivity index (χ0v) is 15.2. The third kappa shape index (κ3) is 3.46. The van der Waals surface area contributed by atoms with Crippen molar-refractivity contribution in [3.63, 3.8) is 0 Å². The van der Waals surface area contributed by atoms with E-state index in [-0.39, 0.29) is 5.71 Å². The number of benzene rings is 3. The SMILES string of the molecule is N=C(c1cc2ccccc2[nH]1)c1cc(O[P+](=O)c2ccccc2)ccc1N. The largest absolute Gasteiger partial charge is 0.597 e. The highest BCUT2D eigenvalue weighted by molar-refractivity contribution is 7.48. The van der Waals surface area contributed by atoms with Crippen LogP contribution in [-0.4, -0.2) is 10.7 Å². The summed E-state index contributed by atoms with van der Waals surface area (Å²) in [6, 6.07) is 23.7. The summed E-state index contributed by atoms with van der Waals surface area (Å²) < 4.78 is 18.0. The Morgan fingerprint density at radius 2 is 1.70 bits per heavy atom. The number of nitrogens with two attached hydrogens (primary N) is 1. The molecule has 4 rings (SSSR count). The van der Waals surface area contributed by atoms with Crippen molar-refractivity contribution in [1.29, 1.82) is 5.41 Å². The first-order chi connectivity index (χ1) is 13.1. The van der Waals surface area contributed by atoms with Crippen molar-refractivity contribution < 1.29 is 9.09 Å². The van der Waals surface area contributed by atoms with Crippen molar-refractivity contribution >= 4 is 35.6 Å². The Balaban J connectivity index is 1.64. The van der Waals surface area contributed by atoms with E-state index in [1.165, 1.54) is 0 Å². The van der Waals surface area contributed by atoms with Crippen LogP contribution in [-0.2, 0) is 4.57 Å². The minimum Gasteiger partial charge on any atom is -0.398 e. The van der Waals surface area contributed by atoms with Gasteiger partial charge in [-0.3, -0.25) is 9.93 Å². The Hall–Kier alpha value is -3.43. The van der Waals surface area contributed by atoms with E-state index in [2.05, 4.69) is 4.98 Å². The number of para-hydroxylation sites is 1. The minimum atomic E-state index is -2.03. The van der Waals surface area contributed by atoms with Crippen molar-refractivity contribution in [2.24, 2.45) is 0 Å². The highest BCUT2D eigenvalue weighted by Gasteiger charge is 2.24. The average molecular weight is 374 g/mol. The van der Waals surface area contributed by atoms with Crippen LogP contribution in [0.2, 0.25) is 0 Å². The fourth-order valence-corrected chi connectivity index (χ4v) is 3.69. The lowest BCUT2D eigenvalue weighted by atomic mass is 10.0. The van der Waals surface area contributed by atoms with Gasteiger partial charge in [-0.1, -0.05) is 36.4 Å². The molecule has 4 N–H and O–H groups in total. The maximum Gasteiger partial charge on any atom is 0.597 e. The van der Waals surface area contributed by atoms with Gasteiger partial charge in [0.2, 0.25) is 5.30 Å². The molecule has 5 nitrogen and oxygen atoms in total. The third-order valence-electron chi connectivity index (χ3n) is 4.25. The first-order valence-corrected chi connectivity index (χ1v) is 9.56. The van der Waals surface area contributed by atoms with Crippen molar-refractivity contribution in [3.8, 4) is 5.75 Å². The summed E-state index contributed by atoms with van der Waals surface area (Å²) in [6.45, 7) is 0. The van der Waals surface area contributed by atoms with E-state index >= 15 is 0 Å². The molecule has 1 aromatic heterocycles. The molecule has 4 aromatic rings. The molecule has 0 fully saturated rings. The number of hydrogen-bond donors (Lipinski definition) is 3. The Kier molecular flexibility index (Phi) is 4.45. The number of H-pyrrole nitrogens is 1. The van der Waals surface area contributed by atoms with Gasteiger partial charge in [-0.05, 0) is 47.0 Å². The van der Waals surface area contributed by atoms with E-state index in [1.54, 1.807) is 30.3 Å². The van der Waals surface area contributed by atoms with E-state index in [0.29, 0.717) is 28.0 Å². The molecular formula is C21H17N3O2P+. The summed E-state index contributed by atoms with van der Waals surface area (Å²) >= 11 is 0. The van der Waals surface area contributed by atoms with E-state index in [4.69, 9.17) is 15.7 Å². The lowest BCUT2D eigenvalue weighted by Gasteiger charge is -2.07. The second kappa shape index (κ2) is 7.06. The fraction of sp³-hybridized carbons (Fsp3) is 0. The van der Waals surface area contributed by atoms with Crippen LogP contribution in [0.3, 0.4) is 0 Å². The van der Waals surface area contributed by atoms with Gasteiger partial charge in [-0.25, -0.2) is 0 Å². The Labute approximate surface area is 157 Å². The smallest absolute Gasteiger partial charge is 0.398 e. The van der Waals surface area contributed by atoms with Gasteiger partial charge >= 0.3 is 8.03 Å². The van der Waals surface area contributed by atoms with Gasteiger partial charge in [0, 0.05) is 22.2 Å². The number of nitrogen functional groups attached to an aromatic ring is 1. The van der Waals surface area contributed by atoms with Crippen LogP contribution in [0, 0.1) is 5.41 Å². The number of hydrogen-bond acceptors (Lipinski definition) is 4. The van der Waals surface area contributed by atoms with Crippen LogP contribution in [0.15, 0.2) is 78.9 Å². The molecule has 1 atom stereocenters. The molecule has 0 spiro atoms. The number of rotatable bonds is 5. The topological polar surface area (TPSA) is 92.0 Å². The second-order valence-electron chi connectivity index (χ2n) is 6.08. The van der Waals surface area contributed by atoms with E-state index in [1.807, 2.05) is 48.5 Å². The first kappa shape index (κ1) is 17.0. The first-order valence-electron chi connectivity index (χ1n) is 8.38. The molecule has 0 amide bonds. The molecule has 132 valence electrons. The zero-order chi connectivity index (χ0) is 18.8. The summed E-state index contributed by atoms with van der Waals surface area (Å²) in [5, 5.41) is 10.2. The molecule has 0 saturated heterocycles. The van der Waals surface area contributed by atoms with Crippen molar-refractivity contribution in [3.05, 3.63) is 90.1 Å². The van der Waals surface area contributed by atoms with Gasteiger partial charge < -0.3 is 10.7 Å². The molecule has 0 bridgehead atoms. The predicted molar refractivity (Wildman–Crippen MR) is 109 cm³/mol. The lowest BCUT2D eigenvalue weighted by Crippen LogP contribution is -2.06. The average Bonchev–Trinajstić information content (AvgIpc) is 3.14. The summed E-state index contributed by atoms with van der Waals surface area (Å²) in [7, 11) is -2.03. The maximum absolute atomic E-state index is 12.4. The standard InChI is InChI=1S/C21H17N3O2P/c22-18-11-10-15(26-27(25)16-7-2-1-3-8-16)13-17(18)21(23)20-12-14-6-4-5-9-19(14)24-20/h1-13,23-24H,22H2/q+1. The van der Waals surface area contributed by atoms with Gasteiger partial charge in [-0.2, -0.15) is 0 Å². The normalized spacial score (nSPS) is 11.3. The summed E-state index contributed by atoms with van der Waals surface area (Å²) in [5.41, 5.74) is 8.93. The number of fused-ring (bicyclic) bond motifs is 1. The number of nitrogens with one attached hydrogen (secondary N) is 2. The summed E-state index contributed by atoms with van der Waals surface area (Å²) in [5.74, 6) is 0.407. The van der Waals surface area contributed by atoms with Gasteiger partial charge in [0.25, 0.3) is 0 Å². The molecule has 1 heterocycles. The predicted octanol–water partition coefficient (Wildman–Crippen LogP) is 4.61. The number of aromatic amines is 1. The van der Waals surface area contributed by atoms with Crippen molar-refractivity contribution in [2.45, 2.75) is 0 Å².